The summed E-state index contributed by atoms with van der Waals surface area (Å²) in [5.74, 6) is 0.564. The molecule has 3 heterocycles. The van der Waals surface area contributed by atoms with Crippen LogP contribution in [0, 0.1) is 0 Å². The topological polar surface area (TPSA) is 45.5 Å². The van der Waals surface area contributed by atoms with E-state index in [4.69, 9.17) is 0 Å². The van der Waals surface area contributed by atoms with Crippen LogP contribution in [0.15, 0.2) is 18.5 Å². The highest BCUT2D eigenvalue weighted by Crippen LogP contribution is 2.31. The molecule has 0 amide bonds. The summed E-state index contributed by atoms with van der Waals surface area (Å²) in [6, 6.07) is 1.34. The molecule has 0 bridgehead atoms. The van der Waals surface area contributed by atoms with E-state index in [1.54, 1.807) is 0 Å². The minimum absolute atomic E-state index is 0.271. The van der Waals surface area contributed by atoms with Crippen molar-refractivity contribution in [3.05, 3.63) is 24.2 Å². The first-order valence-electron chi connectivity index (χ1n) is 6.89. The van der Waals surface area contributed by atoms with Crippen LogP contribution >= 0.6 is 0 Å². The van der Waals surface area contributed by atoms with Crippen molar-refractivity contribution in [2.45, 2.75) is 25.6 Å². The summed E-state index contributed by atoms with van der Waals surface area (Å²) in [4.78, 5) is 6.36. The average molecular weight is 299 g/mol. The molecule has 1 aliphatic rings. The standard InChI is InChI=1S/C13H16F3N5/c1-2-4-20(9-7-17-8-9)12-10-6-11(13(14,15)16)19-21(10)5-3-18-12/h3,5-6,9,17H,2,4,7-8H2,1H3. The Hall–Kier alpha value is -1.83. The third kappa shape index (κ3) is 2.55. The maximum absolute atomic E-state index is 12.8. The molecule has 114 valence electrons. The molecule has 0 atom stereocenters. The van der Waals surface area contributed by atoms with Gasteiger partial charge in [-0.2, -0.15) is 18.3 Å². The van der Waals surface area contributed by atoms with Crippen molar-refractivity contribution in [1.29, 1.82) is 0 Å². The molecule has 3 rings (SSSR count). The van der Waals surface area contributed by atoms with E-state index in [2.05, 4.69) is 20.3 Å². The second kappa shape index (κ2) is 5.18. The van der Waals surface area contributed by atoms with Crippen molar-refractivity contribution in [1.82, 2.24) is 19.9 Å². The Kier molecular flexibility index (Phi) is 3.48. The van der Waals surface area contributed by atoms with E-state index >= 15 is 0 Å². The van der Waals surface area contributed by atoms with E-state index in [0.29, 0.717) is 11.3 Å². The van der Waals surface area contributed by atoms with Crippen LogP contribution in [0.25, 0.3) is 5.52 Å². The second-order valence-electron chi connectivity index (χ2n) is 5.11. The lowest BCUT2D eigenvalue weighted by Crippen LogP contribution is -2.57. The van der Waals surface area contributed by atoms with Gasteiger partial charge in [-0.3, -0.25) is 0 Å². The second-order valence-corrected chi connectivity index (χ2v) is 5.11. The molecule has 21 heavy (non-hydrogen) atoms. The summed E-state index contributed by atoms with van der Waals surface area (Å²) >= 11 is 0. The first kappa shape index (κ1) is 14.1. The molecule has 0 aliphatic carbocycles. The number of nitrogens with one attached hydrogen (secondary N) is 1. The zero-order valence-electron chi connectivity index (χ0n) is 11.6. The van der Waals surface area contributed by atoms with Crippen LogP contribution in [0.2, 0.25) is 0 Å². The Morgan fingerprint density at radius 2 is 2.19 bits per heavy atom. The Balaban J connectivity index is 2.06. The molecule has 1 saturated heterocycles. The average Bonchev–Trinajstić information content (AvgIpc) is 2.79. The van der Waals surface area contributed by atoms with Crippen molar-refractivity contribution >= 4 is 11.3 Å². The number of fused-ring (bicyclic) bond motifs is 1. The van der Waals surface area contributed by atoms with Crippen LogP contribution in [0.1, 0.15) is 19.0 Å². The van der Waals surface area contributed by atoms with Crippen molar-refractivity contribution < 1.29 is 13.2 Å². The summed E-state index contributed by atoms with van der Waals surface area (Å²) in [6.45, 7) is 4.44. The zero-order chi connectivity index (χ0) is 15.0. The lowest BCUT2D eigenvalue weighted by atomic mass is 10.1. The van der Waals surface area contributed by atoms with Gasteiger partial charge < -0.3 is 10.2 Å². The fourth-order valence-electron chi connectivity index (χ4n) is 2.46. The molecule has 8 heteroatoms. The number of alkyl halides is 3. The largest absolute Gasteiger partial charge is 0.435 e. The molecule has 0 saturated carbocycles. The minimum atomic E-state index is -4.45. The fraction of sp³-hybridized carbons (Fsp3) is 0.538. The summed E-state index contributed by atoms with van der Waals surface area (Å²) in [5.41, 5.74) is -0.495. The van der Waals surface area contributed by atoms with Gasteiger partial charge in [0.2, 0.25) is 0 Å². The monoisotopic (exact) mass is 299 g/mol. The van der Waals surface area contributed by atoms with E-state index in [1.165, 1.54) is 16.9 Å². The Morgan fingerprint density at radius 1 is 1.43 bits per heavy atom. The Bertz CT molecular complexity index is 632. The fourth-order valence-corrected chi connectivity index (χ4v) is 2.46. The molecular weight excluding hydrogens is 283 g/mol. The molecule has 1 fully saturated rings. The van der Waals surface area contributed by atoms with E-state index < -0.39 is 11.9 Å². The molecule has 0 radical (unpaired) electrons. The minimum Gasteiger partial charge on any atom is -0.349 e. The van der Waals surface area contributed by atoms with Crippen LogP contribution < -0.4 is 10.2 Å². The number of nitrogens with zero attached hydrogens (tertiary/aromatic N) is 4. The predicted molar refractivity (Wildman–Crippen MR) is 72.3 cm³/mol. The van der Waals surface area contributed by atoms with E-state index in [0.717, 1.165) is 32.1 Å². The zero-order valence-corrected chi connectivity index (χ0v) is 11.6. The van der Waals surface area contributed by atoms with Crippen molar-refractivity contribution in [2.75, 3.05) is 24.5 Å². The summed E-state index contributed by atoms with van der Waals surface area (Å²) in [5, 5.41) is 6.78. The molecule has 1 aliphatic heterocycles. The van der Waals surface area contributed by atoms with Gasteiger partial charge in [0.1, 0.15) is 5.52 Å². The van der Waals surface area contributed by atoms with Crippen molar-refractivity contribution in [3.63, 3.8) is 0 Å². The highest BCUT2D eigenvalue weighted by molar-refractivity contribution is 5.70. The molecule has 0 spiro atoms. The van der Waals surface area contributed by atoms with E-state index in [-0.39, 0.29) is 6.04 Å². The SMILES string of the molecule is CCCN(c1nccn2nc(C(F)(F)F)cc12)C1CNC1. The maximum Gasteiger partial charge on any atom is 0.435 e. The number of hydrogen-bond donors (Lipinski definition) is 1. The Labute approximate surface area is 119 Å². The number of rotatable bonds is 4. The van der Waals surface area contributed by atoms with Gasteiger partial charge in [-0.15, -0.1) is 0 Å². The number of aromatic nitrogens is 3. The quantitative estimate of drug-likeness (QED) is 0.937. The predicted octanol–water partition coefficient (Wildman–Crippen LogP) is 1.94. The summed E-state index contributed by atoms with van der Waals surface area (Å²) in [7, 11) is 0. The lowest BCUT2D eigenvalue weighted by Gasteiger charge is -2.39. The van der Waals surface area contributed by atoms with Gasteiger partial charge in [-0.25, -0.2) is 9.50 Å². The third-order valence-electron chi connectivity index (χ3n) is 3.60. The van der Waals surface area contributed by atoms with Gasteiger partial charge in [-0.05, 0) is 6.42 Å². The summed E-state index contributed by atoms with van der Waals surface area (Å²) in [6.07, 6.45) is -0.613. The lowest BCUT2D eigenvalue weighted by molar-refractivity contribution is -0.141. The highest BCUT2D eigenvalue weighted by Gasteiger charge is 2.35. The van der Waals surface area contributed by atoms with Gasteiger partial charge >= 0.3 is 6.18 Å². The van der Waals surface area contributed by atoms with Crippen molar-refractivity contribution in [2.24, 2.45) is 0 Å². The molecule has 1 N–H and O–H groups in total. The molecular formula is C13H16F3N5. The first-order chi connectivity index (χ1) is 10.0. The van der Waals surface area contributed by atoms with E-state index in [1.807, 2.05) is 6.92 Å². The molecule has 5 nitrogen and oxygen atoms in total. The smallest absolute Gasteiger partial charge is 0.349 e. The maximum atomic E-state index is 12.8. The van der Waals surface area contributed by atoms with Crippen LogP contribution in [0.5, 0.6) is 0 Å². The normalized spacial score (nSPS) is 16.2. The van der Waals surface area contributed by atoms with Crippen molar-refractivity contribution in [3.8, 4) is 0 Å². The summed E-state index contributed by atoms with van der Waals surface area (Å²) < 4.78 is 39.7. The molecule has 0 unspecified atom stereocenters. The molecule has 2 aromatic heterocycles. The molecule has 0 aromatic carbocycles. The van der Waals surface area contributed by atoms with Crippen LogP contribution in [-0.2, 0) is 6.18 Å². The first-order valence-corrected chi connectivity index (χ1v) is 6.89. The highest BCUT2D eigenvalue weighted by atomic mass is 19.4. The van der Waals surface area contributed by atoms with Gasteiger partial charge in [0.25, 0.3) is 0 Å². The van der Waals surface area contributed by atoms with Gasteiger partial charge in [-0.1, -0.05) is 6.92 Å². The van der Waals surface area contributed by atoms with Gasteiger partial charge in [0.05, 0.1) is 6.04 Å². The number of hydrogen-bond acceptors (Lipinski definition) is 4. The van der Waals surface area contributed by atoms with Gasteiger partial charge in [0, 0.05) is 38.1 Å². The Morgan fingerprint density at radius 3 is 2.76 bits per heavy atom. The van der Waals surface area contributed by atoms with Gasteiger partial charge in [0.15, 0.2) is 11.5 Å². The van der Waals surface area contributed by atoms with E-state index in [9.17, 15) is 13.2 Å². The third-order valence-corrected chi connectivity index (χ3v) is 3.60. The number of halogens is 3. The van der Waals surface area contributed by atoms with Crippen LogP contribution in [-0.4, -0.2) is 40.3 Å². The molecule has 2 aromatic rings. The number of anilines is 1. The van der Waals surface area contributed by atoms with Crippen LogP contribution in [0.3, 0.4) is 0 Å². The van der Waals surface area contributed by atoms with Crippen LogP contribution in [0.4, 0.5) is 19.0 Å².